The molecule has 1 N–H and O–H groups in total. The van der Waals surface area contributed by atoms with Crippen LogP contribution >= 0.6 is 11.8 Å². The fourth-order valence-corrected chi connectivity index (χ4v) is 3.68. The number of benzene rings is 1. The van der Waals surface area contributed by atoms with Crippen molar-refractivity contribution >= 4 is 11.8 Å². The van der Waals surface area contributed by atoms with Crippen LogP contribution in [0.2, 0.25) is 0 Å². The molecule has 3 atom stereocenters. The molecule has 3 unspecified atom stereocenters. The third kappa shape index (κ3) is 2.58. The summed E-state index contributed by atoms with van der Waals surface area (Å²) in [7, 11) is 0. The molecule has 0 spiro atoms. The molecule has 1 aromatic carbocycles. The predicted octanol–water partition coefficient (Wildman–Crippen LogP) is 3.33. The van der Waals surface area contributed by atoms with E-state index in [1.807, 2.05) is 11.8 Å². The fraction of sp³-hybridized carbons (Fsp3) is 0.467. The lowest BCUT2D eigenvalue weighted by atomic mass is 9.71. The van der Waals surface area contributed by atoms with Gasteiger partial charge in [-0.15, -0.1) is 11.8 Å². The molecule has 0 saturated heterocycles. The fourth-order valence-electron chi connectivity index (χ4n) is 2.88. The molecule has 2 aliphatic carbocycles. The van der Waals surface area contributed by atoms with Crippen molar-refractivity contribution in [3.05, 3.63) is 42.5 Å². The SMILES string of the molecule is C1=CC2C(C1)CC2NCCSc1ccccc1. The van der Waals surface area contributed by atoms with E-state index in [-0.39, 0.29) is 0 Å². The lowest BCUT2D eigenvalue weighted by Gasteiger charge is -2.40. The monoisotopic (exact) mass is 245 g/mol. The maximum atomic E-state index is 3.69. The van der Waals surface area contributed by atoms with Gasteiger partial charge in [-0.2, -0.15) is 0 Å². The lowest BCUT2D eigenvalue weighted by molar-refractivity contribution is 0.166. The zero-order chi connectivity index (χ0) is 11.5. The first-order chi connectivity index (χ1) is 8.43. The van der Waals surface area contributed by atoms with Crippen molar-refractivity contribution < 1.29 is 0 Å². The van der Waals surface area contributed by atoms with Crippen LogP contribution in [0.25, 0.3) is 0 Å². The van der Waals surface area contributed by atoms with Gasteiger partial charge < -0.3 is 5.32 Å². The van der Waals surface area contributed by atoms with Crippen molar-refractivity contribution in [3.63, 3.8) is 0 Å². The van der Waals surface area contributed by atoms with Crippen molar-refractivity contribution in [2.75, 3.05) is 12.3 Å². The number of allylic oxidation sites excluding steroid dienone is 1. The van der Waals surface area contributed by atoms with E-state index in [4.69, 9.17) is 0 Å². The van der Waals surface area contributed by atoms with E-state index in [9.17, 15) is 0 Å². The summed E-state index contributed by atoms with van der Waals surface area (Å²) in [5, 5.41) is 3.69. The molecule has 0 heterocycles. The molecule has 1 saturated carbocycles. The minimum absolute atomic E-state index is 0.759. The largest absolute Gasteiger partial charge is 0.313 e. The average molecular weight is 245 g/mol. The third-order valence-corrected chi connectivity index (χ3v) is 4.90. The smallest absolute Gasteiger partial charge is 0.0136 e. The van der Waals surface area contributed by atoms with Gasteiger partial charge in [-0.25, -0.2) is 0 Å². The Balaban J connectivity index is 1.35. The van der Waals surface area contributed by atoms with Crippen LogP contribution in [0.5, 0.6) is 0 Å². The molecule has 0 radical (unpaired) electrons. The second-order valence-corrected chi connectivity index (χ2v) is 6.13. The summed E-state index contributed by atoms with van der Waals surface area (Å²) in [6, 6.07) is 11.4. The number of rotatable bonds is 5. The van der Waals surface area contributed by atoms with Gasteiger partial charge in [-0.05, 0) is 36.8 Å². The number of hydrogen-bond donors (Lipinski definition) is 1. The normalized spacial score (nSPS) is 30.0. The highest BCUT2D eigenvalue weighted by molar-refractivity contribution is 7.99. The molecule has 17 heavy (non-hydrogen) atoms. The molecule has 0 aliphatic heterocycles. The van der Waals surface area contributed by atoms with Crippen molar-refractivity contribution in [3.8, 4) is 0 Å². The van der Waals surface area contributed by atoms with Crippen molar-refractivity contribution in [2.45, 2.75) is 23.8 Å². The Morgan fingerprint density at radius 3 is 2.94 bits per heavy atom. The first-order valence-electron chi connectivity index (χ1n) is 6.51. The number of fused-ring (bicyclic) bond motifs is 1. The van der Waals surface area contributed by atoms with Crippen molar-refractivity contribution in [1.82, 2.24) is 5.32 Å². The Morgan fingerprint density at radius 2 is 2.12 bits per heavy atom. The Kier molecular flexibility index (Phi) is 3.53. The summed E-state index contributed by atoms with van der Waals surface area (Å²) >= 11 is 1.94. The van der Waals surface area contributed by atoms with E-state index in [2.05, 4.69) is 47.8 Å². The van der Waals surface area contributed by atoms with Crippen LogP contribution < -0.4 is 5.32 Å². The molecule has 90 valence electrons. The van der Waals surface area contributed by atoms with Gasteiger partial charge in [0.25, 0.3) is 0 Å². The Hall–Kier alpha value is -0.730. The molecule has 2 heteroatoms. The van der Waals surface area contributed by atoms with E-state index in [1.54, 1.807) is 0 Å². The number of thioether (sulfide) groups is 1. The molecular formula is C15H19NS. The second-order valence-electron chi connectivity index (χ2n) is 4.96. The van der Waals surface area contributed by atoms with Crippen LogP contribution in [0.3, 0.4) is 0 Å². The molecule has 0 bridgehead atoms. The summed E-state index contributed by atoms with van der Waals surface area (Å²) in [6.07, 6.45) is 7.47. The summed E-state index contributed by atoms with van der Waals surface area (Å²) in [5.74, 6) is 2.98. The molecule has 1 fully saturated rings. The van der Waals surface area contributed by atoms with Gasteiger partial charge in [0.1, 0.15) is 0 Å². The number of hydrogen-bond acceptors (Lipinski definition) is 2. The molecule has 3 rings (SSSR count). The van der Waals surface area contributed by atoms with Crippen LogP contribution in [0.1, 0.15) is 12.8 Å². The maximum absolute atomic E-state index is 3.69. The van der Waals surface area contributed by atoms with Gasteiger partial charge in [0, 0.05) is 23.2 Å². The summed E-state index contributed by atoms with van der Waals surface area (Å²) in [5.41, 5.74) is 0. The highest BCUT2D eigenvalue weighted by Gasteiger charge is 2.40. The zero-order valence-electron chi connectivity index (χ0n) is 10.0. The van der Waals surface area contributed by atoms with E-state index in [0.29, 0.717) is 0 Å². The Morgan fingerprint density at radius 1 is 1.24 bits per heavy atom. The summed E-state index contributed by atoms with van der Waals surface area (Å²) < 4.78 is 0. The first-order valence-corrected chi connectivity index (χ1v) is 7.50. The van der Waals surface area contributed by atoms with Crippen LogP contribution in [-0.2, 0) is 0 Å². The van der Waals surface area contributed by atoms with E-state index >= 15 is 0 Å². The van der Waals surface area contributed by atoms with Gasteiger partial charge in [-0.3, -0.25) is 0 Å². The average Bonchev–Trinajstić information content (AvgIpc) is 2.72. The number of nitrogens with one attached hydrogen (secondary N) is 1. The highest BCUT2D eigenvalue weighted by Crippen LogP contribution is 2.42. The second kappa shape index (κ2) is 5.28. The van der Waals surface area contributed by atoms with Crippen molar-refractivity contribution in [1.29, 1.82) is 0 Å². The molecule has 0 amide bonds. The zero-order valence-corrected chi connectivity index (χ0v) is 10.8. The third-order valence-electron chi connectivity index (χ3n) is 3.88. The quantitative estimate of drug-likeness (QED) is 0.485. The minimum Gasteiger partial charge on any atom is -0.313 e. The summed E-state index contributed by atoms with van der Waals surface area (Å²) in [6.45, 7) is 1.13. The Bertz CT molecular complexity index is 387. The van der Waals surface area contributed by atoms with Gasteiger partial charge in [0.15, 0.2) is 0 Å². The predicted molar refractivity (Wildman–Crippen MR) is 74.3 cm³/mol. The van der Waals surface area contributed by atoms with Crippen LogP contribution in [-0.4, -0.2) is 18.3 Å². The van der Waals surface area contributed by atoms with Gasteiger partial charge >= 0.3 is 0 Å². The van der Waals surface area contributed by atoms with Crippen LogP contribution in [0.4, 0.5) is 0 Å². The Labute approximate surface area is 108 Å². The highest BCUT2D eigenvalue weighted by atomic mass is 32.2. The molecular weight excluding hydrogens is 226 g/mol. The van der Waals surface area contributed by atoms with E-state index < -0.39 is 0 Å². The minimum atomic E-state index is 0.759. The van der Waals surface area contributed by atoms with Crippen molar-refractivity contribution in [2.24, 2.45) is 11.8 Å². The van der Waals surface area contributed by atoms with E-state index in [0.717, 1.165) is 24.4 Å². The van der Waals surface area contributed by atoms with Gasteiger partial charge in [0.2, 0.25) is 0 Å². The molecule has 1 aromatic rings. The summed E-state index contributed by atoms with van der Waals surface area (Å²) in [4.78, 5) is 1.38. The standard InChI is InChI=1S/C15H19NS/c1-2-6-13(7-3-1)17-10-9-16-15-11-12-5-4-8-14(12)15/h1-4,6-8,12,14-16H,5,9-11H2. The molecule has 0 aromatic heterocycles. The van der Waals surface area contributed by atoms with Gasteiger partial charge in [-0.1, -0.05) is 30.4 Å². The molecule has 2 aliphatic rings. The lowest BCUT2D eigenvalue weighted by Crippen LogP contribution is -2.48. The van der Waals surface area contributed by atoms with Crippen LogP contribution in [0.15, 0.2) is 47.4 Å². The molecule has 1 nitrogen and oxygen atoms in total. The van der Waals surface area contributed by atoms with E-state index in [1.165, 1.54) is 23.5 Å². The maximum Gasteiger partial charge on any atom is 0.0136 e. The topological polar surface area (TPSA) is 12.0 Å². The first kappa shape index (κ1) is 11.4. The van der Waals surface area contributed by atoms with Gasteiger partial charge in [0.05, 0.1) is 0 Å². The van der Waals surface area contributed by atoms with Crippen LogP contribution in [0, 0.1) is 11.8 Å².